The molecular weight excluding hydrogens is 486 g/mol. The van der Waals surface area contributed by atoms with Crippen molar-refractivity contribution >= 4 is 16.8 Å². The SMILES string of the molecule is CCc1ccc(-n2c(C(CC)N(CCOC)C(=O)c3ccc(C(C)(C)C)cc3)nc3ccccc3c2=O)cc1. The second-order valence-electron chi connectivity index (χ2n) is 10.9. The number of hydrogen-bond donors (Lipinski definition) is 0. The van der Waals surface area contributed by atoms with Gasteiger partial charge < -0.3 is 9.64 Å². The molecule has 1 unspecified atom stereocenters. The molecule has 0 aliphatic carbocycles. The Hall–Kier alpha value is -3.77. The van der Waals surface area contributed by atoms with E-state index in [1.807, 2.05) is 73.7 Å². The molecular formula is C33H39N3O3. The molecule has 1 aromatic heterocycles. The van der Waals surface area contributed by atoms with Gasteiger partial charge in [0.1, 0.15) is 5.82 Å². The van der Waals surface area contributed by atoms with E-state index in [-0.39, 0.29) is 16.9 Å². The van der Waals surface area contributed by atoms with Crippen LogP contribution in [0, 0.1) is 0 Å². The summed E-state index contributed by atoms with van der Waals surface area (Å²) in [5.74, 6) is 0.427. The molecule has 0 radical (unpaired) electrons. The van der Waals surface area contributed by atoms with Crippen LogP contribution in [-0.2, 0) is 16.6 Å². The molecule has 0 N–H and O–H groups in total. The van der Waals surface area contributed by atoms with E-state index in [1.54, 1.807) is 22.6 Å². The monoisotopic (exact) mass is 525 g/mol. The first-order valence-corrected chi connectivity index (χ1v) is 13.7. The molecule has 1 atom stereocenters. The van der Waals surface area contributed by atoms with Crippen LogP contribution in [-0.4, -0.2) is 40.6 Å². The molecule has 0 aliphatic rings. The minimum absolute atomic E-state index is 0.0122. The quantitative estimate of drug-likeness (QED) is 0.251. The van der Waals surface area contributed by atoms with Crippen molar-refractivity contribution in [2.24, 2.45) is 0 Å². The summed E-state index contributed by atoms with van der Waals surface area (Å²) in [5.41, 5.74) is 4.14. The molecule has 1 amide bonds. The van der Waals surface area contributed by atoms with Gasteiger partial charge in [0.25, 0.3) is 11.5 Å². The van der Waals surface area contributed by atoms with Crippen LogP contribution in [0.2, 0.25) is 0 Å². The summed E-state index contributed by atoms with van der Waals surface area (Å²) in [7, 11) is 1.63. The van der Waals surface area contributed by atoms with Crippen molar-refractivity contribution in [2.45, 2.75) is 58.9 Å². The van der Waals surface area contributed by atoms with Gasteiger partial charge in [0.05, 0.1) is 29.2 Å². The number of hydrogen-bond acceptors (Lipinski definition) is 4. The van der Waals surface area contributed by atoms with E-state index in [1.165, 1.54) is 5.56 Å². The van der Waals surface area contributed by atoms with Gasteiger partial charge in [0.2, 0.25) is 0 Å². The summed E-state index contributed by atoms with van der Waals surface area (Å²) >= 11 is 0. The van der Waals surface area contributed by atoms with Gasteiger partial charge in [-0.25, -0.2) is 4.98 Å². The van der Waals surface area contributed by atoms with Crippen molar-refractivity contribution in [1.29, 1.82) is 0 Å². The van der Waals surface area contributed by atoms with E-state index < -0.39 is 6.04 Å². The Kier molecular flexibility index (Phi) is 8.66. The smallest absolute Gasteiger partial charge is 0.266 e. The first kappa shape index (κ1) is 28.2. The lowest BCUT2D eigenvalue weighted by molar-refractivity contribution is 0.0579. The molecule has 6 heteroatoms. The van der Waals surface area contributed by atoms with Gasteiger partial charge in [0, 0.05) is 19.2 Å². The second-order valence-corrected chi connectivity index (χ2v) is 10.9. The molecule has 3 aromatic carbocycles. The summed E-state index contributed by atoms with van der Waals surface area (Å²) in [4.78, 5) is 34.7. The number of carbonyl (C=O) groups is 1. The van der Waals surface area contributed by atoms with Crippen molar-refractivity contribution in [3.63, 3.8) is 0 Å². The first-order valence-electron chi connectivity index (χ1n) is 13.7. The van der Waals surface area contributed by atoms with Crippen LogP contribution in [0.1, 0.15) is 74.4 Å². The van der Waals surface area contributed by atoms with Crippen molar-refractivity contribution in [3.05, 3.63) is 106 Å². The number of rotatable bonds is 9. The first-order chi connectivity index (χ1) is 18.7. The topological polar surface area (TPSA) is 64.4 Å². The Morgan fingerprint density at radius 2 is 1.64 bits per heavy atom. The number of benzene rings is 3. The van der Waals surface area contributed by atoms with E-state index in [4.69, 9.17) is 9.72 Å². The van der Waals surface area contributed by atoms with Crippen LogP contribution in [0.15, 0.2) is 77.6 Å². The van der Waals surface area contributed by atoms with Crippen LogP contribution in [0.4, 0.5) is 0 Å². The van der Waals surface area contributed by atoms with E-state index in [0.29, 0.717) is 41.9 Å². The van der Waals surface area contributed by atoms with Crippen molar-refractivity contribution in [2.75, 3.05) is 20.3 Å². The van der Waals surface area contributed by atoms with Crippen molar-refractivity contribution in [3.8, 4) is 5.69 Å². The van der Waals surface area contributed by atoms with Gasteiger partial charge in [-0.15, -0.1) is 0 Å². The normalized spacial score (nSPS) is 12.5. The number of fused-ring (bicyclic) bond motifs is 1. The van der Waals surface area contributed by atoms with E-state index in [0.717, 1.165) is 17.7 Å². The van der Waals surface area contributed by atoms with E-state index in [2.05, 4.69) is 27.7 Å². The molecule has 4 aromatic rings. The highest BCUT2D eigenvalue weighted by Gasteiger charge is 2.30. The Morgan fingerprint density at radius 1 is 0.974 bits per heavy atom. The lowest BCUT2D eigenvalue weighted by atomic mass is 9.86. The van der Waals surface area contributed by atoms with Crippen molar-refractivity contribution in [1.82, 2.24) is 14.5 Å². The Labute approximate surface area is 231 Å². The minimum atomic E-state index is -0.446. The fraction of sp³-hybridized carbons (Fsp3) is 0.364. The molecule has 0 saturated carbocycles. The summed E-state index contributed by atoms with van der Waals surface area (Å²) in [5, 5.41) is 0.545. The number of ether oxygens (including phenoxy) is 1. The van der Waals surface area contributed by atoms with Gasteiger partial charge in [0.15, 0.2) is 0 Å². The number of aromatic nitrogens is 2. The summed E-state index contributed by atoms with van der Waals surface area (Å²) in [6.45, 7) is 11.3. The Bertz CT molecular complexity index is 1480. The highest BCUT2D eigenvalue weighted by Crippen LogP contribution is 2.29. The maximum atomic E-state index is 14.0. The highest BCUT2D eigenvalue weighted by atomic mass is 16.5. The zero-order valence-electron chi connectivity index (χ0n) is 23.9. The standard InChI is InChI=1S/C33H39N3O3/c1-7-23-13-19-26(20-14-23)36-30(34-28-12-10-9-11-27(28)32(36)38)29(8-2)35(21-22-39-6)31(37)24-15-17-25(18-16-24)33(3,4)5/h9-20,29H,7-8,21-22H2,1-6H3. The average molecular weight is 526 g/mol. The number of aryl methyl sites for hydroxylation is 1. The lowest BCUT2D eigenvalue weighted by Gasteiger charge is -2.32. The second kappa shape index (κ2) is 12.0. The third-order valence-corrected chi connectivity index (χ3v) is 7.26. The lowest BCUT2D eigenvalue weighted by Crippen LogP contribution is -2.40. The van der Waals surface area contributed by atoms with Crippen LogP contribution in [0.25, 0.3) is 16.6 Å². The molecule has 6 nitrogen and oxygen atoms in total. The number of para-hydroxylation sites is 1. The number of methoxy groups -OCH3 is 1. The molecule has 0 aliphatic heterocycles. The largest absolute Gasteiger partial charge is 0.383 e. The minimum Gasteiger partial charge on any atom is -0.383 e. The third-order valence-electron chi connectivity index (χ3n) is 7.26. The summed E-state index contributed by atoms with van der Waals surface area (Å²) in [6.07, 6.45) is 1.48. The third kappa shape index (κ3) is 5.96. The fourth-order valence-corrected chi connectivity index (χ4v) is 4.91. The van der Waals surface area contributed by atoms with Crippen LogP contribution < -0.4 is 5.56 Å². The molecule has 4 rings (SSSR count). The molecule has 0 spiro atoms. The zero-order chi connectivity index (χ0) is 28.2. The maximum Gasteiger partial charge on any atom is 0.266 e. The van der Waals surface area contributed by atoms with Gasteiger partial charge in [-0.1, -0.05) is 71.0 Å². The van der Waals surface area contributed by atoms with Gasteiger partial charge in [-0.2, -0.15) is 0 Å². The summed E-state index contributed by atoms with van der Waals surface area (Å²) in [6, 6.07) is 22.7. The Balaban J connectivity index is 1.88. The van der Waals surface area contributed by atoms with E-state index in [9.17, 15) is 9.59 Å². The zero-order valence-corrected chi connectivity index (χ0v) is 23.9. The molecule has 39 heavy (non-hydrogen) atoms. The fourth-order valence-electron chi connectivity index (χ4n) is 4.91. The van der Waals surface area contributed by atoms with E-state index >= 15 is 0 Å². The molecule has 204 valence electrons. The number of nitrogens with zero attached hydrogens (tertiary/aromatic N) is 3. The van der Waals surface area contributed by atoms with Crippen molar-refractivity contribution < 1.29 is 9.53 Å². The predicted octanol–water partition coefficient (Wildman–Crippen LogP) is 6.49. The maximum absolute atomic E-state index is 14.0. The predicted molar refractivity (Wildman–Crippen MR) is 158 cm³/mol. The van der Waals surface area contributed by atoms with Gasteiger partial charge in [-0.05, 0) is 65.8 Å². The van der Waals surface area contributed by atoms with Gasteiger partial charge in [-0.3, -0.25) is 14.2 Å². The van der Waals surface area contributed by atoms with Crippen LogP contribution in [0.3, 0.4) is 0 Å². The average Bonchev–Trinajstić information content (AvgIpc) is 2.94. The molecule has 1 heterocycles. The number of carbonyl (C=O) groups excluding carboxylic acids is 1. The highest BCUT2D eigenvalue weighted by molar-refractivity contribution is 5.94. The van der Waals surface area contributed by atoms with Crippen LogP contribution in [0.5, 0.6) is 0 Å². The number of amides is 1. The molecule has 0 saturated heterocycles. The molecule has 0 fully saturated rings. The van der Waals surface area contributed by atoms with Crippen LogP contribution >= 0.6 is 0 Å². The molecule has 0 bridgehead atoms. The van der Waals surface area contributed by atoms with Gasteiger partial charge >= 0.3 is 0 Å². The Morgan fingerprint density at radius 3 is 2.23 bits per heavy atom. The summed E-state index contributed by atoms with van der Waals surface area (Å²) < 4.78 is 7.08.